The number of hydrogen-bond acceptors (Lipinski definition) is 5. The van der Waals surface area contributed by atoms with Gasteiger partial charge in [0.2, 0.25) is 0 Å². The van der Waals surface area contributed by atoms with E-state index in [0.29, 0.717) is 24.4 Å². The lowest BCUT2D eigenvalue weighted by atomic mass is 9.97. The number of rotatable bonds is 4. The first kappa shape index (κ1) is 18.2. The second-order valence-corrected chi connectivity index (χ2v) is 6.61. The Labute approximate surface area is 150 Å². The smallest absolute Gasteiger partial charge is 0.297 e. The highest BCUT2D eigenvalue weighted by Gasteiger charge is 2.47. The van der Waals surface area contributed by atoms with Gasteiger partial charge in [-0.25, -0.2) is 9.38 Å². The van der Waals surface area contributed by atoms with Gasteiger partial charge in [0.25, 0.3) is 17.6 Å². The van der Waals surface area contributed by atoms with Crippen LogP contribution < -0.4 is 5.32 Å². The largest absolute Gasteiger partial charge is 0.367 e. The zero-order valence-corrected chi connectivity index (χ0v) is 14.6. The van der Waals surface area contributed by atoms with Crippen molar-refractivity contribution in [3.8, 4) is 0 Å². The summed E-state index contributed by atoms with van der Waals surface area (Å²) in [5.74, 6) is -2.42. The van der Waals surface area contributed by atoms with Crippen LogP contribution in [0.1, 0.15) is 25.3 Å². The van der Waals surface area contributed by atoms with Gasteiger partial charge in [-0.3, -0.25) is 19.3 Å². The molecule has 1 saturated heterocycles. The minimum atomic E-state index is -1.44. The van der Waals surface area contributed by atoms with E-state index < -0.39 is 29.2 Å². The van der Waals surface area contributed by atoms with Crippen LogP contribution in [0, 0.1) is 5.82 Å². The van der Waals surface area contributed by atoms with Crippen LogP contribution >= 0.6 is 0 Å². The zero-order chi connectivity index (χ0) is 18.9. The first-order chi connectivity index (χ1) is 12.3. The monoisotopic (exact) mass is 361 g/mol. The number of aliphatic imine (C=N–C) groups is 1. The molecule has 8 heteroatoms. The Balaban J connectivity index is 1.78. The first-order valence-corrected chi connectivity index (χ1v) is 8.38. The molecule has 138 valence electrons. The summed E-state index contributed by atoms with van der Waals surface area (Å²) < 4.78 is 18.6. The molecule has 7 nitrogen and oxygen atoms in total. The average molecular weight is 361 g/mol. The van der Waals surface area contributed by atoms with Gasteiger partial charge in [-0.1, -0.05) is 12.1 Å². The molecule has 1 aromatic carbocycles. The predicted octanol–water partition coefficient (Wildman–Crippen LogP) is 0.819. The Morgan fingerprint density at radius 1 is 1.38 bits per heavy atom. The second-order valence-electron chi connectivity index (χ2n) is 6.61. The topological polar surface area (TPSA) is 88.1 Å². The summed E-state index contributed by atoms with van der Waals surface area (Å²) in [4.78, 5) is 42.4. The van der Waals surface area contributed by atoms with Gasteiger partial charge in [0.15, 0.2) is 6.04 Å². The van der Waals surface area contributed by atoms with Gasteiger partial charge in [-0.15, -0.1) is 0 Å². The van der Waals surface area contributed by atoms with E-state index in [1.165, 1.54) is 31.3 Å². The van der Waals surface area contributed by atoms with Gasteiger partial charge in [0.05, 0.1) is 0 Å². The van der Waals surface area contributed by atoms with Crippen molar-refractivity contribution in [2.75, 3.05) is 13.7 Å². The third kappa shape index (κ3) is 3.37. The molecule has 2 aliphatic heterocycles. The molecule has 0 saturated carbocycles. The SMILES string of the molecule is CN1C(=O)C(=O)C(C(=O)NCc2ccc(F)cc2)N=C1C1(C)CCCO1. The highest BCUT2D eigenvalue weighted by Crippen LogP contribution is 2.30. The number of carbonyl (C=O) groups is 3. The fourth-order valence-electron chi connectivity index (χ4n) is 3.16. The van der Waals surface area contributed by atoms with Crippen molar-refractivity contribution in [1.82, 2.24) is 10.2 Å². The van der Waals surface area contributed by atoms with Crippen LogP contribution in [0.15, 0.2) is 29.3 Å². The number of ether oxygens (including phenoxy) is 1. The van der Waals surface area contributed by atoms with Crippen molar-refractivity contribution < 1.29 is 23.5 Å². The van der Waals surface area contributed by atoms with Crippen molar-refractivity contribution in [3.05, 3.63) is 35.6 Å². The molecule has 26 heavy (non-hydrogen) atoms. The molecule has 2 unspecified atom stereocenters. The maximum Gasteiger partial charge on any atom is 0.297 e. The summed E-state index contributed by atoms with van der Waals surface area (Å²) in [6.45, 7) is 2.43. The molecule has 1 aromatic rings. The third-order valence-electron chi connectivity index (χ3n) is 4.65. The Morgan fingerprint density at radius 3 is 2.69 bits per heavy atom. The number of benzene rings is 1. The van der Waals surface area contributed by atoms with E-state index in [0.717, 1.165) is 11.3 Å². The highest BCUT2D eigenvalue weighted by atomic mass is 19.1. The van der Waals surface area contributed by atoms with Gasteiger partial charge in [0.1, 0.15) is 17.3 Å². The maximum absolute atomic E-state index is 12.9. The molecule has 2 atom stereocenters. The molecule has 0 bridgehead atoms. The number of amides is 2. The Kier molecular flexibility index (Phi) is 4.86. The number of nitrogens with one attached hydrogen (secondary N) is 1. The molecule has 2 heterocycles. The lowest BCUT2D eigenvalue weighted by molar-refractivity contribution is -0.145. The summed E-state index contributed by atoms with van der Waals surface area (Å²) in [6.07, 6.45) is 1.47. The highest BCUT2D eigenvalue weighted by molar-refractivity contribution is 6.46. The number of amidine groups is 1. The standard InChI is InChI=1S/C18H20FN3O4/c1-18(8-3-9-26-18)17-21-13(14(23)16(25)22(17)2)15(24)20-10-11-4-6-12(19)7-5-11/h4-7,13H,3,8-10H2,1-2H3,(H,20,24). The molecular formula is C18H20FN3O4. The van der Waals surface area contributed by atoms with Gasteiger partial charge in [-0.2, -0.15) is 0 Å². The molecular weight excluding hydrogens is 341 g/mol. The van der Waals surface area contributed by atoms with Crippen LogP contribution in [-0.4, -0.2) is 53.6 Å². The van der Waals surface area contributed by atoms with Crippen LogP contribution in [0.3, 0.4) is 0 Å². The summed E-state index contributed by atoms with van der Waals surface area (Å²) in [6, 6.07) is 4.18. The molecule has 2 aliphatic rings. The van der Waals surface area contributed by atoms with E-state index >= 15 is 0 Å². The molecule has 0 spiro atoms. The van der Waals surface area contributed by atoms with E-state index in [2.05, 4.69) is 10.3 Å². The number of ketones is 1. The van der Waals surface area contributed by atoms with Crippen molar-refractivity contribution in [2.24, 2.45) is 4.99 Å². The van der Waals surface area contributed by atoms with Crippen LogP contribution in [0.4, 0.5) is 4.39 Å². The minimum Gasteiger partial charge on any atom is -0.367 e. The second kappa shape index (κ2) is 6.95. The summed E-state index contributed by atoms with van der Waals surface area (Å²) in [5.41, 5.74) is -0.123. The first-order valence-electron chi connectivity index (χ1n) is 8.38. The van der Waals surface area contributed by atoms with E-state index in [1.807, 2.05) is 0 Å². The van der Waals surface area contributed by atoms with Crippen molar-refractivity contribution in [3.63, 3.8) is 0 Å². The van der Waals surface area contributed by atoms with Crippen LogP contribution in [0.25, 0.3) is 0 Å². The van der Waals surface area contributed by atoms with Crippen molar-refractivity contribution in [1.29, 1.82) is 0 Å². The lowest BCUT2D eigenvalue weighted by Crippen LogP contribution is -2.58. The van der Waals surface area contributed by atoms with Crippen LogP contribution in [0.2, 0.25) is 0 Å². The molecule has 0 aromatic heterocycles. The average Bonchev–Trinajstić information content (AvgIpc) is 3.06. The molecule has 0 radical (unpaired) electrons. The van der Waals surface area contributed by atoms with E-state index in [1.54, 1.807) is 6.92 Å². The molecule has 0 aliphatic carbocycles. The number of Topliss-reactive ketones (excluding diaryl/α,β-unsaturated/α-hetero) is 1. The minimum absolute atomic E-state index is 0.103. The number of nitrogens with zero attached hydrogens (tertiary/aromatic N) is 2. The summed E-state index contributed by atoms with van der Waals surface area (Å²) in [7, 11) is 1.46. The van der Waals surface area contributed by atoms with E-state index in [-0.39, 0.29) is 12.4 Å². The maximum atomic E-state index is 12.9. The fourth-order valence-corrected chi connectivity index (χ4v) is 3.16. The zero-order valence-electron chi connectivity index (χ0n) is 14.6. The number of likely N-dealkylation sites (N-methyl/N-ethyl adjacent to an activating group) is 1. The van der Waals surface area contributed by atoms with Crippen molar-refractivity contribution in [2.45, 2.75) is 38.0 Å². The molecule has 1 fully saturated rings. The van der Waals surface area contributed by atoms with Crippen LogP contribution in [-0.2, 0) is 25.7 Å². The Hall–Kier alpha value is -2.61. The number of halogens is 1. The molecule has 1 N–H and O–H groups in total. The van der Waals surface area contributed by atoms with E-state index in [9.17, 15) is 18.8 Å². The summed E-state index contributed by atoms with van der Waals surface area (Å²) >= 11 is 0. The molecule has 3 rings (SSSR count). The fraction of sp³-hybridized carbons (Fsp3) is 0.444. The van der Waals surface area contributed by atoms with Crippen LogP contribution in [0.5, 0.6) is 0 Å². The number of carbonyl (C=O) groups excluding carboxylic acids is 3. The molecule has 2 amide bonds. The third-order valence-corrected chi connectivity index (χ3v) is 4.65. The lowest BCUT2D eigenvalue weighted by Gasteiger charge is -2.35. The predicted molar refractivity (Wildman–Crippen MR) is 90.8 cm³/mol. The quantitative estimate of drug-likeness (QED) is 0.635. The van der Waals surface area contributed by atoms with Crippen molar-refractivity contribution >= 4 is 23.4 Å². The van der Waals surface area contributed by atoms with Gasteiger partial charge >= 0.3 is 0 Å². The van der Waals surface area contributed by atoms with Gasteiger partial charge in [0, 0.05) is 20.2 Å². The Morgan fingerprint density at radius 2 is 2.08 bits per heavy atom. The van der Waals surface area contributed by atoms with Gasteiger partial charge in [-0.05, 0) is 37.5 Å². The number of hydrogen-bond donors (Lipinski definition) is 1. The van der Waals surface area contributed by atoms with E-state index in [4.69, 9.17) is 4.74 Å². The van der Waals surface area contributed by atoms with Gasteiger partial charge < -0.3 is 10.1 Å². The normalized spacial score (nSPS) is 26.0. The Bertz CT molecular complexity index is 769. The summed E-state index contributed by atoms with van der Waals surface area (Å²) in [5, 5.41) is 2.58.